The Balaban J connectivity index is 2.15. The zero-order valence-corrected chi connectivity index (χ0v) is 8.93. The Morgan fingerprint density at radius 2 is 1.31 bits per heavy atom. The van der Waals surface area contributed by atoms with Crippen molar-refractivity contribution in [3.05, 3.63) is 47.8 Å². The number of hydrogen-bond donors (Lipinski definition) is 0. The first-order valence-corrected chi connectivity index (χ1v) is 5.66. The summed E-state index contributed by atoms with van der Waals surface area (Å²) in [4.78, 5) is 0. The zero-order chi connectivity index (χ0) is 10.5. The molecule has 0 amide bonds. The first-order chi connectivity index (χ1) is 7.93. The van der Waals surface area contributed by atoms with Crippen molar-refractivity contribution in [2.75, 3.05) is 0 Å². The van der Waals surface area contributed by atoms with Crippen molar-refractivity contribution < 1.29 is 8.96 Å². The molecule has 16 heavy (non-hydrogen) atoms. The van der Waals surface area contributed by atoms with Crippen molar-refractivity contribution in [3.63, 3.8) is 0 Å². The van der Waals surface area contributed by atoms with E-state index in [4.69, 9.17) is 0 Å². The topological polar surface area (TPSA) is 7.76 Å². The molecular weight excluding hydrogens is 194 g/mol. The fraction of sp³-hybridized carbons (Fsp3) is 0.167. The van der Waals surface area contributed by atoms with Gasteiger partial charge in [0.2, 0.25) is 0 Å². The maximum Gasteiger partial charge on any atom is 0.545 e. The van der Waals surface area contributed by atoms with Gasteiger partial charge in [-0.15, -0.1) is 0 Å². The van der Waals surface area contributed by atoms with Gasteiger partial charge in [-0.25, -0.2) is 0 Å². The van der Waals surface area contributed by atoms with Gasteiger partial charge in [0.1, 0.15) is 12.4 Å². The molecule has 0 saturated carbocycles. The molecule has 2 nitrogen and oxygen atoms in total. The fourth-order valence-electron chi connectivity index (χ4n) is 2.72. The Morgan fingerprint density at radius 1 is 0.812 bits per heavy atom. The van der Waals surface area contributed by atoms with Gasteiger partial charge in [-0.1, -0.05) is 0 Å². The molecule has 0 aliphatic carbocycles. The molecule has 72 valence electrons. The number of hydrogen-bond acceptors (Lipinski definition) is 0. The molecule has 2 radical (unpaired) electrons. The highest BCUT2D eigenvalue weighted by Gasteiger charge is 2.39. The second-order valence-electron chi connectivity index (χ2n) is 4.35. The molecule has 2 aliphatic heterocycles. The lowest BCUT2D eigenvalue weighted by atomic mass is 9.71. The monoisotopic (exact) mass is 204 g/mol. The molecule has 0 aromatic carbocycles. The molecule has 2 aromatic heterocycles. The second-order valence-corrected chi connectivity index (χ2v) is 4.35. The number of rotatable bonds is 0. The predicted molar refractivity (Wildman–Crippen MR) is 62.0 cm³/mol. The van der Waals surface area contributed by atoms with E-state index in [1.165, 1.54) is 22.5 Å². The molecular formula is C12H10B2N2+2. The molecule has 0 bridgehead atoms. The first kappa shape index (κ1) is 8.57. The summed E-state index contributed by atoms with van der Waals surface area (Å²) < 4.78 is 4.53. The van der Waals surface area contributed by atoms with Gasteiger partial charge in [-0.3, -0.25) is 8.96 Å². The van der Waals surface area contributed by atoms with Crippen molar-refractivity contribution in [2.45, 2.75) is 12.6 Å². The summed E-state index contributed by atoms with van der Waals surface area (Å²) in [5, 5.41) is 0. The van der Waals surface area contributed by atoms with Crippen LogP contribution in [0.3, 0.4) is 0 Å². The molecule has 0 saturated heterocycles. The summed E-state index contributed by atoms with van der Waals surface area (Å²) in [6.45, 7) is 0. The number of aromatic nitrogens is 2. The van der Waals surface area contributed by atoms with Gasteiger partial charge in [-0.2, -0.15) is 0 Å². The summed E-state index contributed by atoms with van der Waals surface area (Å²) >= 11 is 0. The van der Waals surface area contributed by atoms with Crippen LogP contribution < -0.4 is 8.96 Å². The summed E-state index contributed by atoms with van der Waals surface area (Å²) in [6, 6.07) is 8.71. The van der Waals surface area contributed by atoms with Crippen LogP contribution in [0.1, 0.15) is 11.1 Å². The minimum Gasteiger partial charge on any atom is -0.279 e. The average molecular weight is 204 g/mol. The van der Waals surface area contributed by atoms with Crippen LogP contribution in [-0.2, 0) is 12.6 Å². The Hall–Kier alpha value is -1.57. The van der Waals surface area contributed by atoms with E-state index in [0.717, 1.165) is 12.6 Å². The maximum absolute atomic E-state index is 2.27. The molecule has 0 N–H and O–H groups in total. The van der Waals surface area contributed by atoms with Crippen LogP contribution in [0.5, 0.6) is 0 Å². The quantitative estimate of drug-likeness (QED) is 0.529. The predicted octanol–water partition coefficient (Wildman–Crippen LogP) is -0.110. The third-order valence-electron chi connectivity index (χ3n) is 3.45. The van der Waals surface area contributed by atoms with Gasteiger partial charge in [-0.05, 0) is 24.3 Å². The average Bonchev–Trinajstić information content (AvgIpc) is 2.36. The summed E-state index contributed by atoms with van der Waals surface area (Å²) in [5.74, 6) is 0. The van der Waals surface area contributed by atoms with Crippen molar-refractivity contribution in [2.24, 2.45) is 0 Å². The molecule has 4 heterocycles. The van der Waals surface area contributed by atoms with E-state index in [1.807, 2.05) is 0 Å². The number of nitrogens with zero attached hydrogens (tertiary/aromatic N) is 2. The highest BCUT2D eigenvalue weighted by atomic mass is 15.0. The van der Waals surface area contributed by atoms with E-state index in [-0.39, 0.29) is 0 Å². The highest BCUT2D eigenvalue weighted by Crippen LogP contribution is 2.25. The lowest BCUT2D eigenvalue weighted by Crippen LogP contribution is -2.56. The lowest BCUT2D eigenvalue weighted by Gasteiger charge is -2.17. The van der Waals surface area contributed by atoms with Gasteiger partial charge < -0.3 is 0 Å². The van der Waals surface area contributed by atoms with Crippen molar-refractivity contribution in [1.82, 2.24) is 0 Å². The van der Waals surface area contributed by atoms with Gasteiger partial charge in [0.25, 0.3) is 11.4 Å². The molecule has 0 unspecified atom stereocenters. The maximum atomic E-state index is 2.27. The Labute approximate surface area is 96.1 Å². The molecule has 0 atom stereocenters. The van der Waals surface area contributed by atoms with Crippen LogP contribution in [0.2, 0.25) is 0 Å². The molecule has 0 spiro atoms. The molecule has 0 fully saturated rings. The molecule has 2 aromatic rings. The van der Waals surface area contributed by atoms with E-state index >= 15 is 0 Å². The van der Waals surface area contributed by atoms with Crippen LogP contribution in [0.15, 0.2) is 36.7 Å². The van der Waals surface area contributed by atoms with Gasteiger partial charge >= 0.3 is 14.8 Å². The largest absolute Gasteiger partial charge is 0.545 e. The van der Waals surface area contributed by atoms with Gasteiger partial charge in [0, 0.05) is 23.8 Å². The lowest BCUT2D eigenvalue weighted by molar-refractivity contribution is -0.558. The number of pyridine rings is 2. The minimum atomic E-state index is 1.02. The summed E-state index contributed by atoms with van der Waals surface area (Å²) in [5.41, 5.74) is 5.58. The van der Waals surface area contributed by atoms with Crippen LogP contribution in [0.25, 0.3) is 11.4 Å². The van der Waals surface area contributed by atoms with Crippen molar-refractivity contribution in [1.29, 1.82) is 0 Å². The molecule has 4 heteroatoms. The van der Waals surface area contributed by atoms with E-state index in [2.05, 4.69) is 60.4 Å². The van der Waals surface area contributed by atoms with Crippen molar-refractivity contribution in [3.8, 4) is 11.4 Å². The fourth-order valence-corrected chi connectivity index (χ4v) is 2.72. The van der Waals surface area contributed by atoms with E-state index in [9.17, 15) is 0 Å². The molecule has 2 aliphatic rings. The standard InChI is InChI=1S/C12H10B2N2/c1-3-9-7-14-16-6-2-4-10-8-13-15(5-1)11(9)12(10)16/h1-6H,7-8H2/q+2. The summed E-state index contributed by atoms with van der Waals surface area (Å²) in [6.07, 6.45) is 6.32. The smallest absolute Gasteiger partial charge is 0.279 e. The van der Waals surface area contributed by atoms with E-state index in [0.29, 0.717) is 0 Å². The first-order valence-electron chi connectivity index (χ1n) is 5.66. The van der Waals surface area contributed by atoms with E-state index < -0.39 is 0 Å². The summed E-state index contributed by atoms with van der Waals surface area (Å²) in [7, 11) is 4.52. The second kappa shape index (κ2) is 2.97. The van der Waals surface area contributed by atoms with Gasteiger partial charge in [0.15, 0.2) is 0 Å². The third-order valence-corrected chi connectivity index (χ3v) is 3.45. The van der Waals surface area contributed by atoms with Crippen molar-refractivity contribution >= 4 is 14.8 Å². The zero-order valence-electron chi connectivity index (χ0n) is 8.93. The normalized spacial score (nSPS) is 14.8. The minimum absolute atomic E-state index is 1.02. The Bertz CT molecular complexity index is 498. The third kappa shape index (κ3) is 0.993. The van der Waals surface area contributed by atoms with Crippen LogP contribution in [0.4, 0.5) is 0 Å². The van der Waals surface area contributed by atoms with Crippen LogP contribution >= 0.6 is 0 Å². The van der Waals surface area contributed by atoms with Gasteiger partial charge in [0.05, 0.1) is 0 Å². The van der Waals surface area contributed by atoms with Crippen LogP contribution in [-0.4, -0.2) is 14.8 Å². The Morgan fingerprint density at radius 3 is 1.81 bits per heavy atom. The SMILES string of the molecule is [B]1Cc2ccc[n+]3c2-c2c(ccc[n+]21)C[B]3. The van der Waals surface area contributed by atoms with Crippen LogP contribution in [0, 0.1) is 0 Å². The highest BCUT2D eigenvalue weighted by molar-refractivity contribution is 6.28. The Kier molecular flexibility index (Phi) is 1.59. The van der Waals surface area contributed by atoms with E-state index in [1.54, 1.807) is 0 Å². The molecule has 4 rings (SSSR count).